The van der Waals surface area contributed by atoms with Crippen LogP contribution >= 0.6 is 10.7 Å². The van der Waals surface area contributed by atoms with Gasteiger partial charge in [0.05, 0.1) is 17.1 Å². The fourth-order valence-corrected chi connectivity index (χ4v) is 2.88. The number of aryl methyl sites for hydroxylation is 1. The van der Waals surface area contributed by atoms with Gasteiger partial charge in [-0.3, -0.25) is 0 Å². The average Bonchev–Trinajstić information content (AvgIpc) is 2.41. The number of esters is 1. The van der Waals surface area contributed by atoms with Crippen LogP contribution in [0.4, 0.5) is 0 Å². The summed E-state index contributed by atoms with van der Waals surface area (Å²) < 4.78 is 32.8. The topological polar surface area (TPSA) is 69.7 Å². The van der Waals surface area contributed by atoms with Crippen molar-refractivity contribution in [1.29, 1.82) is 0 Å². The summed E-state index contributed by atoms with van der Waals surface area (Å²) in [4.78, 5) is 11.7. The van der Waals surface area contributed by atoms with Crippen LogP contribution < -0.4 is 0 Å². The Hall–Kier alpha value is -1.11. The highest BCUT2D eigenvalue weighted by molar-refractivity contribution is 8.13. The van der Waals surface area contributed by atoms with Crippen LogP contribution in [0.3, 0.4) is 0 Å². The lowest BCUT2D eigenvalue weighted by Gasteiger charge is -2.08. The molecule has 0 aromatic heterocycles. The Labute approximate surface area is 123 Å². The Kier molecular flexibility index (Phi) is 6.45. The van der Waals surface area contributed by atoms with Crippen LogP contribution in [0, 0.1) is 0 Å². The minimum absolute atomic E-state index is 0.0481. The number of methoxy groups -OCH3 is 1. The van der Waals surface area contributed by atoms with Gasteiger partial charge in [-0.15, -0.1) is 0 Å². The van der Waals surface area contributed by atoms with E-state index in [9.17, 15) is 13.2 Å². The number of benzene rings is 1. The van der Waals surface area contributed by atoms with Crippen LogP contribution in [0.1, 0.15) is 29.3 Å². The molecule has 0 saturated heterocycles. The van der Waals surface area contributed by atoms with Crippen LogP contribution in [-0.2, 0) is 24.9 Å². The molecule has 7 heteroatoms. The molecule has 0 saturated carbocycles. The van der Waals surface area contributed by atoms with Gasteiger partial charge in [-0.25, -0.2) is 13.2 Å². The molecule has 112 valence electrons. The predicted molar refractivity (Wildman–Crippen MR) is 75.6 cm³/mol. The van der Waals surface area contributed by atoms with Crippen molar-refractivity contribution in [3.05, 3.63) is 29.3 Å². The maximum Gasteiger partial charge on any atom is 0.338 e. The Bertz CT molecular complexity index is 568. The lowest BCUT2D eigenvalue weighted by molar-refractivity contribution is 0.0468. The van der Waals surface area contributed by atoms with Gasteiger partial charge in [0.15, 0.2) is 0 Å². The molecule has 0 unspecified atom stereocenters. The number of carbonyl (C=O) groups is 1. The van der Waals surface area contributed by atoms with E-state index < -0.39 is 15.0 Å². The Balaban J connectivity index is 2.89. The van der Waals surface area contributed by atoms with E-state index in [2.05, 4.69) is 0 Å². The SMILES string of the molecule is CCc1ccc(C(=O)OCCCOC)cc1S(=O)(=O)Cl. The van der Waals surface area contributed by atoms with E-state index >= 15 is 0 Å². The third kappa shape index (κ3) is 4.77. The molecule has 1 aromatic rings. The minimum atomic E-state index is -3.89. The number of rotatable bonds is 7. The molecular formula is C13H17ClO5S. The molecule has 5 nitrogen and oxygen atoms in total. The van der Waals surface area contributed by atoms with Crippen LogP contribution in [0.15, 0.2) is 23.1 Å². The van der Waals surface area contributed by atoms with Crippen molar-refractivity contribution in [1.82, 2.24) is 0 Å². The number of carbonyl (C=O) groups excluding carboxylic acids is 1. The van der Waals surface area contributed by atoms with Crippen molar-refractivity contribution in [2.24, 2.45) is 0 Å². The first-order valence-electron chi connectivity index (χ1n) is 6.13. The zero-order valence-electron chi connectivity index (χ0n) is 11.4. The molecule has 0 aliphatic rings. The van der Waals surface area contributed by atoms with E-state index in [1.807, 2.05) is 6.92 Å². The molecule has 1 rings (SSSR count). The Morgan fingerprint density at radius 1 is 1.30 bits per heavy atom. The van der Waals surface area contributed by atoms with E-state index in [1.54, 1.807) is 13.2 Å². The lowest BCUT2D eigenvalue weighted by atomic mass is 10.1. The highest BCUT2D eigenvalue weighted by Crippen LogP contribution is 2.22. The van der Waals surface area contributed by atoms with Crippen molar-refractivity contribution >= 4 is 25.7 Å². The molecule has 0 fully saturated rings. The molecule has 0 amide bonds. The molecule has 0 aliphatic carbocycles. The standard InChI is InChI=1S/C13H17ClO5S/c1-3-10-5-6-11(9-12(10)20(14,16)17)13(15)19-8-4-7-18-2/h5-6,9H,3-4,7-8H2,1-2H3. The zero-order chi connectivity index (χ0) is 15.2. The largest absolute Gasteiger partial charge is 0.462 e. The molecule has 0 aliphatic heterocycles. The van der Waals surface area contributed by atoms with Crippen molar-refractivity contribution in [3.63, 3.8) is 0 Å². The van der Waals surface area contributed by atoms with Crippen LogP contribution in [-0.4, -0.2) is 34.7 Å². The van der Waals surface area contributed by atoms with Crippen LogP contribution in [0.25, 0.3) is 0 Å². The maximum atomic E-state index is 11.8. The maximum absolute atomic E-state index is 11.8. The molecule has 0 radical (unpaired) electrons. The molecular weight excluding hydrogens is 304 g/mol. The normalized spacial score (nSPS) is 11.3. The second-order valence-corrected chi connectivity index (χ2v) is 6.63. The Morgan fingerprint density at radius 3 is 2.55 bits per heavy atom. The van der Waals surface area contributed by atoms with E-state index in [0.29, 0.717) is 25.0 Å². The van der Waals surface area contributed by atoms with Crippen molar-refractivity contribution in [2.45, 2.75) is 24.7 Å². The molecule has 20 heavy (non-hydrogen) atoms. The van der Waals surface area contributed by atoms with Crippen LogP contribution in [0.5, 0.6) is 0 Å². The minimum Gasteiger partial charge on any atom is -0.462 e. The van der Waals surface area contributed by atoms with Gasteiger partial charge in [0.25, 0.3) is 9.05 Å². The van der Waals surface area contributed by atoms with E-state index in [0.717, 1.165) is 0 Å². The van der Waals surface area contributed by atoms with E-state index in [4.69, 9.17) is 20.2 Å². The fraction of sp³-hybridized carbons (Fsp3) is 0.462. The number of halogens is 1. The summed E-state index contributed by atoms with van der Waals surface area (Å²) in [7, 11) is 3.04. The summed E-state index contributed by atoms with van der Waals surface area (Å²) >= 11 is 0. The first kappa shape index (κ1) is 16.9. The molecule has 0 heterocycles. The van der Waals surface area contributed by atoms with Gasteiger partial charge in [-0.05, 0) is 24.1 Å². The smallest absolute Gasteiger partial charge is 0.338 e. The van der Waals surface area contributed by atoms with Crippen molar-refractivity contribution in [2.75, 3.05) is 20.3 Å². The van der Waals surface area contributed by atoms with Gasteiger partial charge in [-0.2, -0.15) is 0 Å². The fourth-order valence-electron chi connectivity index (χ4n) is 1.65. The summed E-state index contributed by atoms with van der Waals surface area (Å²) in [6.45, 7) is 2.51. The molecule has 0 atom stereocenters. The van der Waals surface area contributed by atoms with Gasteiger partial charge in [0.2, 0.25) is 0 Å². The van der Waals surface area contributed by atoms with E-state index in [-0.39, 0.29) is 17.1 Å². The highest BCUT2D eigenvalue weighted by Gasteiger charge is 2.18. The van der Waals surface area contributed by atoms with E-state index in [1.165, 1.54) is 12.1 Å². The van der Waals surface area contributed by atoms with Gasteiger partial charge >= 0.3 is 5.97 Å². The molecule has 1 aromatic carbocycles. The molecule has 0 spiro atoms. The molecule has 0 bridgehead atoms. The lowest BCUT2D eigenvalue weighted by Crippen LogP contribution is -2.09. The average molecular weight is 321 g/mol. The van der Waals surface area contributed by atoms with Crippen molar-refractivity contribution < 1.29 is 22.7 Å². The van der Waals surface area contributed by atoms with Crippen molar-refractivity contribution in [3.8, 4) is 0 Å². The van der Waals surface area contributed by atoms with Gasteiger partial charge < -0.3 is 9.47 Å². The highest BCUT2D eigenvalue weighted by atomic mass is 35.7. The Morgan fingerprint density at radius 2 is 2.00 bits per heavy atom. The third-order valence-electron chi connectivity index (χ3n) is 2.67. The number of hydrogen-bond donors (Lipinski definition) is 0. The summed E-state index contributed by atoms with van der Waals surface area (Å²) in [5.41, 5.74) is 0.731. The van der Waals surface area contributed by atoms with Gasteiger partial charge in [0, 0.05) is 30.8 Å². The summed E-state index contributed by atoms with van der Waals surface area (Å²) in [6, 6.07) is 4.35. The summed E-state index contributed by atoms with van der Waals surface area (Å²) in [5, 5.41) is 0. The second kappa shape index (κ2) is 7.61. The second-order valence-electron chi connectivity index (χ2n) is 4.10. The van der Waals surface area contributed by atoms with Crippen LogP contribution in [0.2, 0.25) is 0 Å². The monoisotopic (exact) mass is 320 g/mol. The van der Waals surface area contributed by atoms with Gasteiger partial charge in [-0.1, -0.05) is 13.0 Å². The first-order valence-corrected chi connectivity index (χ1v) is 8.44. The quantitative estimate of drug-likeness (QED) is 0.438. The number of ether oxygens (including phenoxy) is 2. The predicted octanol–water partition coefficient (Wildman–Crippen LogP) is 2.37. The third-order valence-corrected chi connectivity index (χ3v) is 4.08. The molecule has 0 N–H and O–H groups in total. The first-order chi connectivity index (χ1) is 9.40. The summed E-state index contributed by atoms with van der Waals surface area (Å²) in [5.74, 6) is -0.578. The number of hydrogen-bond acceptors (Lipinski definition) is 5. The van der Waals surface area contributed by atoms with Gasteiger partial charge in [0.1, 0.15) is 0 Å². The summed E-state index contributed by atoms with van der Waals surface area (Å²) in [6.07, 6.45) is 1.08. The zero-order valence-corrected chi connectivity index (χ0v) is 13.0.